The molecule has 8 nitrogen and oxygen atoms in total. The van der Waals surface area contributed by atoms with Crippen LogP contribution in [0.4, 0.5) is 11.4 Å². The zero-order valence-electron chi connectivity index (χ0n) is 35.0. The maximum absolute atomic E-state index is 12.8. The van der Waals surface area contributed by atoms with Crippen molar-refractivity contribution in [1.82, 2.24) is 0 Å². The summed E-state index contributed by atoms with van der Waals surface area (Å²) >= 11 is 0. The van der Waals surface area contributed by atoms with Gasteiger partial charge in [-0.25, -0.2) is 0 Å². The minimum absolute atomic E-state index is 0.0801. The highest BCUT2D eigenvalue weighted by atomic mass is 16.6. The number of carbonyl (C=O) groups is 1. The SMILES string of the molecule is CC.CC.Cc1cc(C)cc(C(=O)Cc2ccc3c(c2)OCCOCCOCCOCCO3)c1.c1cc(C2=Nc3ccccc3C2)cc(C2=Nc3ccccc3C2)c1. The van der Waals surface area contributed by atoms with Gasteiger partial charge in [-0.1, -0.05) is 106 Å². The van der Waals surface area contributed by atoms with Crippen molar-refractivity contribution in [2.45, 2.75) is 60.8 Å². The summed E-state index contributed by atoms with van der Waals surface area (Å²) in [7, 11) is 0. The smallest absolute Gasteiger partial charge is 0.167 e. The van der Waals surface area contributed by atoms with Crippen molar-refractivity contribution in [3.8, 4) is 11.5 Å². The van der Waals surface area contributed by atoms with Gasteiger partial charge in [0.1, 0.15) is 13.2 Å². The maximum Gasteiger partial charge on any atom is 0.167 e. The molecular weight excluding hydrogens is 725 g/mol. The molecule has 0 aliphatic carbocycles. The van der Waals surface area contributed by atoms with E-state index in [-0.39, 0.29) is 5.78 Å². The fourth-order valence-corrected chi connectivity index (χ4v) is 6.76. The molecule has 0 unspecified atom stereocenters. The first-order valence-corrected chi connectivity index (χ1v) is 20.6. The number of ether oxygens (including phenoxy) is 5. The van der Waals surface area contributed by atoms with E-state index in [2.05, 4.69) is 66.7 Å². The van der Waals surface area contributed by atoms with Crippen molar-refractivity contribution in [3.05, 3.63) is 154 Å². The van der Waals surface area contributed by atoms with Gasteiger partial charge in [0.2, 0.25) is 0 Å². The van der Waals surface area contributed by atoms with Gasteiger partial charge >= 0.3 is 0 Å². The lowest BCUT2D eigenvalue weighted by molar-refractivity contribution is 0.00708. The van der Waals surface area contributed by atoms with Gasteiger partial charge in [0.15, 0.2) is 17.3 Å². The quantitative estimate of drug-likeness (QED) is 0.165. The van der Waals surface area contributed by atoms with Gasteiger partial charge in [-0.15, -0.1) is 0 Å². The van der Waals surface area contributed by atoms with Gasteiger partial charge in [-0.2, -0.15) is 0 Å². The van der Waals surface area contributed by atoms with Gasteiger partial charge in [0.05, 0.1) is 62.4 Å². The lowest BCUT2D eigenvalue weighted by atomic mass is 9.99. The van der Waals surface area contributed by atoms with E-state index in [1.807, 2.05) is 84.0 Å². The Morgan fingerprint density at radius 1 is 0.517 bits per heavy atom. The fourth-order valence-electron chi connectivity index (χ4n) is 6.76. The monoisotopic (exact) mass is 782 g/mol. The van der Waals surface area contributed by atoms with Crippen LogP contribution in [0.15, 0.2) is 119 Å². The Balaban J connectivity index is 0.000000207. The van der Waals surface area contributed by atoms with E-state index in [1.165, 1.54) is 22.3 Å². The van der Waals surface area contributed by atoms with Crippen LogP contribution in [0.5, 0.6) is 11.5 Å². The summed E-state index contributed by atoms with van der Waals surface area (Å²) in [5, 5.41) is 0. The maximum atomic E-state index is 12.8. The number of fused-ring (bicyclic) bond motifs is 3. The van der Waals surface area contributed by atoms with Crippen molar-refractivity contribution in [2.24, 2.45) is 9.98 Å². The third-order valence-corrected chi connectivity index (χ3v) is 9.37. The van der Waals surface area contributed by atoms with E-state index in [4.69, 9.17) is 33.7 Å². The highest BCUT2D eigenvalue weighted by Crippen LogP contribution is 2.32. The molecule has 3 heterocycles. The van der Waals surface area contributed by atoms with Crippen LogP contribution in [0.1, 0.15) is 77.0 Å². The lowest BCUT2D eigenvalue weighted by Gasteiger charge is -2.14. The first kappa shape index (κ1) is 43.7. The standard InChI is InChI=1S/C24H30O6.C22H16N2.2C2H6/c1-18-13-19(2)15-21(14-18)22(25)16-20-3-4-23-24(17-20)30-12-10-28-8-6-26-5-7-27-9-11-29-23;1-3-10-19-17(6-1)13-21(23-19)15-8-5-9-16(12-15)22-14-18-7-2-4-11-20(18)24-22;2*1-2/h3-4,13-15,17H,5-12,16H2,1-2H3;1-12H,13-14H2;2*1-2H3. The minimum Gasteiger partial charge on any atom is -0.487 e. The van der Waals surface area contributed by atoms with Crippen LogP contribution < -0.4 is 9.47 Å². The third-order valence-electron chi connectivity index (χ3n) is 9.37. The Morgan fingerprint density at radius 3 is 1.52 bits per heavy atom. The molecule has 3 aliphatic rings. The Hall–Kier alpha value is -5.41. The minimum atomic E-state index is 0.0801. The highest BCUT2D eigenvalue weighted by Gasteiger charge is 2.19. The van der Waals surface area contributed by atoms with Crippen molar-refractivity contribution in [2.75, 3.05) is 52.9 Å². The van der Waals surface area contributed by atoms with E-state index in [1.54, 1.807) is 0 Å². The molecule has 5 aromatic rings. The van der Waals surface area contributed by atoms with Crippen molar-refractivity contribution < 1.29 is 28.5 Å². The topological polar surface area (TPSA) is 87.9 Å². The number of aryl methyl sites for hydroxylation is 2. The predicted octanol–water partition coefficient (Wildman–Crippen LogP) is 10.6. The second-order valence-corrected chi connectivity index (χ2v) is 13.6. The molecule has 0 fully saturated rings. The van der Waals surface area contributed by atoms with Gasteiger partial charge < -0.3 is 23.7 Å². The van der Waals surface area contributed by atoms with E-state index in [0.717, 1.165) is 57.9 Å². The van der Waals surface area contributed by atoms with E-state index in [9.17, 15) is 4.79 Å². The first-order valence-electron chi connectivity index (χ1n) is 20.6. The number of benzene rings is 5. The molecule has 8 rings (SSSR count). The number of carbonyl (C=O) groups excluding carboxylic acids is 1. The second kappa shape index (κ2) is 23.1. The number of aliphatic imine (C=N–C) groups is 2. The Kier molecular flexibility index (Phi) is 17.4. The molecule has 0 saturated carbocycles. The number of Topliss-reactive ketones (excluding diaryl/α,β-unsaturated/α-hetero) is 1. The van der Waals surface area contributed by atoms with Gasteiger partial charge in [0, 0.05) is 24.8 Å². The molecule has 304 valence electrons. The van der Waals surface area contributed by atoms with E-state index >= 15 is 0 Å². The zero-order valence-corrected chi connectivity index (χ0v) is 35.0. The van der Waals surface area contributed by atoms with Gasteiger partial charge in [0.25, 0.3) is 0 Å². The molecule has 0 atom stereocenters. The molecule has 8 heteroatoms. The number of hydrogen-bond donors (Lipinski definition) is 0. The molecule has 0 amide bonds. The number of rotatable bonds is 5. The highest BCUT2D eigenvalue weighted by molar-refractivity contribution is 6.10. The first-order chi connectivity index (χ1) is 28.5. The molecule has 3 aliphatic heterocycles. The Labute approximate surface area is 344 Å². The van der Waals surface area contributed by atoms with E-state index in [0.29, 0.717) is 70.8 Å². The molecule has 0 N–H and O–H groups in total. The second-order valence-electron chi connectivity index (χ2n) is 13.6. The summed E-state index contributed by atoms with van der Waals surface area (Å²) in [4.78, 5) is 22.4. The molecule has 5 aromatic carbocycles. The van der Waals surface area contributed by atoms with Crippen molar-refractivity contribution >= 4 is 28.6 Å². The number of ketones is 1. The largest absolute Gasteiger partial charge is 0.487 e. The van der Waals surface area contributed by atoms with Crippen molar-refractivity contribution in [1.29, 1.82) is 0 Å². The summed E-state index contributed by atoms with van der Waals surface area (Å²) < 4.78 is 28.1. The van der Waals surface area contributed by atoms with Crippen molar-refractivity contribution in [3.63, 3.8) is 0 Å². The van der Waals surface area contributed by atoms with Crippen LogP contribution in [-0.4, -0.2) is 70.1 Å². The Morgan fingerprint density at radius 2 is 1.00 bits per heavy atom. The third kappa shape index (κ3) is 12.5. The fraction of sp³-hybridized carbons (Fsp3) is 0.340. The van der Waals surface area contributed by atoms with Crippen LogP contribution in [0, 0.1) is 13.8 Å². The van der Waals surface area contributed by atoms with Gasteiger partial charge in [-0.05, 0) is 84.1 Å². The number of nitrogens with zero attached hydrogens (tertiary/aromatic N) is 2. The molecule has 0 saturated heterocycles. The van der Waals surface area contributed by atoms with Crippen LogP contribution in [-0.2, 0) is 33.5 Å². The van der Waals surface area contributed by atoms with Crippen LogP contribution >= 0.6 is 0 Å². The summed E-state index contributed by atoms with van der Waals surface area (Å²) in [5.74, 6) is 1.32. The van der Waals surface area contributed by atoms with Crippen LogP contribution in [0.25, 0.3) is 0 Å². The summed E-state index contributed by atoms with van der Waals surface area (Å²) in [6.07, 6.45) is 2.12. The van der Waals surface area contributed by atoms with Gasteiger partial charge in [-0.3, -0.25) is 14.8 Å². The Bertz CT molecular complexity index is 2060. The summed E-state index contributed by atoms with van der Waals surface area (Å²) in [5.41, 5.74) is 13.3. The normalized spacial score (nSPS) is 14.8. The van der Waals surface area contributed by atoms with Crippen LogP contribution in [0.3, 0.4) is 0 Å². The molecule has 0 aromatic heterocycles. The van der Waals surface area contributed by atoms with Crippen LogP contribution in [0.2, 0.25) is 0 Å². The molecule has 0 spiro atoms. The lowest BCUT2D eigenvalue weighted by Crippen LogP contribution is -2.13. The molecule has 58 heavy (non-hydrogen) atoms. The number of para-hydroxylation sites is 2. The molecule has 0 bridgehead atoms. The predicted molar refractivity (Wildman–Crippen MR) is 236 cm³/mol. The molecule has 0 radical (unpaired) electrons. The average Bonchev–Trinajstić information content (AvgIpc) is 3.89. The average molecular weight is 783 g/mol. The summed E-state index contributed by atoms with van der Waals surface area (Å²) in [6, 6.07) is 36.9. The molecular formula is C50H58N2O6. The van der Waals surface area contributed by atoms with E-state index < -0.39 is 0 Å². The number of hydrogen-bond acceptors (Lipinski definition) is 8. The zero-order chi connectivity index (χ0) is 41.1. The summed E-state index contributed by atoms with van der Waals surface area (Å²) in [6.45, 7) is 15.8.